The quantitative estimate of drug-likeness (QED) is 0.561. The van der Waals surface area contributed by atoms with Crippen molar-refractivity contribution in [3.8, 4) is 5.75 Å². The van der Waals surface area contributed by atoms with Gasteiger partial charge in [-0.3, -0.25) is 4.79 Å². The number of nitrogens with one attached hydrogen (secondary N) is 1. The Morgan fingerprint density at radius 2 is 1.73 bits per heavy atom. The summed E-state index contributed by atoms with van der Waals surface area (Å²) in [6.45, 7) is 1.78. The Hall–Kier alpha value is -2.10. The fraction of sp³-hybridized carbons (Fsp3) is 0.381. The molecule has 9 heteroatoms. The van der Waals surface area contributed by atoms with Crippen molar-refractivity contribution < 1.29 is 22.3 Å². The normalized spacial score (nSPS) is 14.6. The Morgan fingerprint density at radius 3 is 2.40 bits per heavy atom. The molecule has 1 amide bonds. The van der Waals surface area contributed by atoms with Crippen LogP contribution in [0.2, 0.25) is 0 Å². The first kappa shape index (κ1) is 22.6. The molecular formula is C21H25FN2O4S2. The smallest absolute Gasteiger partial charge is 0.243 e. The summed E-state index contributed by atoms with van der Waals surface area (Å²) in [6.07, 6.45) is 1.80. The van der Waals surface area contributed by atoms with Crippen LogP contribution in [0.25, 0.3) is 0 Å². The molecule has 162 valence electrons. The third-order valence-electron chi connectivity index (χ3n) is 4.63. The van der Waals surface area contributed by atoms with Gasteiger partial charge in [0.05, 0.1) is 17.2 Å². The zero-order chi connectivity index (χ0) is 21.4. The number of ether oxygens (including phenoxy) is 1. The van der Waals surface area contributed by atoms with E-state index in [0.717, 1.165) is 18.4 Å². The fourth-order valence-electron chi connectivity index (χ4n) is 3.04. The lowest BCUT2D eigenvalue weighted by Crippen LogP contribution is -2.29. The van der Waals surface area contributed by atoms with Crippen LogP contribution in [0.3, 0.4) is 0 Å². The Morgan fingerprint density at radius 1 is 1.07 bits per heavy atom. The van der Waals surface area contributed by atoms with Crippen molar-refractivity contribution in [1.82, 2.24) is 9.62 Å². The Balaban J connectivity index is 1.34. The topological polar surface area (TPSA) is 75.7 Å². The van der Waals surface area contributed by atoms with Crippen molar-refractivity contribution in [3.63, 3.8) is 0 Å². The summed E-state index contributed by atoms with van der Waals surface area (Å²) in [5.41, 5.74) is 0.965. The molecule has 0 radical (unpaired) electrons. The summed E-state index contributed by atoms with van der Waals surface area (Å²) in [5, 5.41) is 2.77. The third-order valence-corrected chi connectivity index (χ3v) is 7.55. The van der Waals surface area contributed by atoms with Crippen LogP contribution in [0.4, 0.5) is 4.39 Å². The molecule has 1 aliphatic rings. The highest BCUT2D eigenvalue weighted by Gasteiger charge is 2.26. The van der Waals surface area contributed by atoms with Gasteiger partial charge in [0.15, 0.2) is 0 Å². The van der Waals surface area contributed by atoms with Gasteiger partial charge in [0.1, 0.15) is 18.2 Å². The van der Waals surface area contributed by atoms with Crippen LogP contribution >= 0.6 is 11.8 Å². The number of rotatable bonds is 10. The van der Waals surface area contributed by atoms with Crippen LogP contribution in [0.5, 0.6) is 5.75 Å². The van der Waals surface area contributed by atoms with Crippen LogP contribution in [-0.4, -0.2) is 50.6 Å². The molecule has 1 N–H and O–H groups in total. The molecule has 0 atom stereocenters. The minimum absolute atomic E-state index is 0.0993. The lowest BCUT2D eigenvalue weighted by atomic mass is 10.2. The van der Waals surface area contributed by atoms with Gasteiger partial charge in [-0.1, -0.05) is 12.1 Å². The van der Waals surface area contributed by atoms with Crippen LogP contribution in [-0.2, 0) is 20.6 Å². The van der Waals surface area contributed by atoms with E-state index in [-0.39, 0.29) is 23.2 Å². The number of sulfonamides is 1. The number of carbonyl (C=O) groups excluding carboxylic acids is 1. The third kappa shape index (κ3) is 6.45. The highest BCUT2D eigenvalue weighted by atomic mass is 32.2. The number of nitrogens with zero attached hydrogens (tertiary/aromatic N) is 1. The summed E-state index contributed by atoms with van der Waals surface area (Å²) >= 11 is 1.45. The van der Waals surface area contributed by atoms with E-state index < -0.39 is 10.0 Å². The molecule has 0 saturated carbocycles. The van der Waals surface area contributed by atoms with Gasteiger partial charge in [-0.2, -0.15) is 4.31 Å². The van der Waals surface area contributed by atoms with Crippen molar-refractivity contribution in [1.29, 1.82) is 0 Å². The van der Waals surface area contributed by atoms with Gasteiger partial charge in [0.2, 0.25) is 15.9 Å². The second-order valence-electron chi connectivity index (χ2n) is 6.90. The lowest BCUT2D eigenvalue weighted by Gasteiger charge is -2.15. The van der Waals surface area contributed by atoms with Gasteiger partial charge in [0.25, 0.3) is 0 Å². The highest BCUT2D eigenvalue weighted by molar-refractivity contribution is 7.99. The predicted octanol–water partition coefficient (Wildman–Crippen LogP) is 3.04. The second-order valence-corrected chi connectivity index (χ2v) is 9.82. The molecule has 6 nitrogen and oxygen atoms in total. The molecule has 1 fully saturated rings. The van der Waals surface area contributed by atoms with Gasteiger partial charge in [-0.15, -0.1) is 11.8 Å². The van der Waals surface area contributed by atoms with E-state index in [9.17, 15) is 17.6 Å². The van der Waals surface area contributed by atoms with Crippen LogP contribution in [0.15, 0.2) is 53.4 Å². The first-order valence-electron chi connectivity index (χ1n) is 9.77. The fourth-order valence-corrected chi connectivity index (χ4v) is 5.37. The average molecular weight is 453 g/mol. The molecule has 0 aliphatic carbocycles. The molecule has 3 rings (SSSR count). The number of amides is 1. The minimum Gasteiger partial charge on any atom is -0.492 e. The Kier molecular flexibility index (Phi) is 8.12. The Labute approximate surface area is 180 Å². The molecule has 0 unspecified atom stereocenters. The SMILES string of the molecule is O=C(CSCc1ccc(F)cc1)NCCOc1ccc(S(=O)(=O)N2CCCC2)cc1. The van der Waals surface area contributed by atoms with Crippen molar-refractivity contribution in [2.24, 2.45) is 0 Å². The van der Waals surface area contributed by atoms with E-state index in [4.69, 9.17) is 4.74 Å². The average Bonchev–Trinajstić information content (AvgIpc) is 3.29. The summed E-state index contributed by atoms with van der Waals surface area (Å²) in [7, 11) is -3.42. The monoisotopic (exact) mass is 452 g/mol. The molecule has 2 aromatic rings. The number of carbonyl (C=O) groups is 1. The van der Waals surface area contributed by atoms with E-state index in [2.05, 4.69) is 5.32 Å². The maximum Gasteiger partial charge on any atom is 0.243 e. The number of halogens is 1. The van der Waals surface area contributed by atoms with E-state index in [0.29, 0.717) is 36.9 Å². The summed E-state index contributed by atoms with van der Waals surface area (Å²) < 4.78 is 44.9. The molecule has 1 saturated heterocycles. The molecule has 1 heterocycles. The van der Waals surface area contributed by atoms with E-state index in [1.165, 1.54) is 28.2 Å². The van der Waals surface area contributed by atoms with Crippen molar-refractivity contribution in [3.05, 3.63) is 59.9 Å². The van der Waals surface area contributed by atoms with Crippen LogP contribution < -0.4 is 10.1 Å². The summed E-state index contributed by atoms with van der Waals surface area (Å²) in [4.78, 5) is 12.1. The van der Waals surface area contributed by atoms with Crippen LogP contribution in [0, 0.1) is 5.82 Å². The van der Waals surface area contributed by atoms with Gasteiger partial charge in [-0.05, 0) is 54.8 Å². The van der Waals surface area contributed by atoms with Crippen LogP contribution in [0.1, 0.15) is 18.4 Å². The zero-order valence-corrected chi connectivity index (χ0v) is 18.2. The largest absolute Gasteiger partial charge is 0.492 e. The second kappa shape index (κ2) is 10.8. The van der Waals surface area contributed by atoms with E-state index in [1.54, 1.807) is 36.4 Å². The minimum atomic E-state index is -3.42. The molecule has 0 aromatic heterocycles. The van der Waals surface area contributed by atoms with Gasteiger partial charge < -0.3 is 10.1 Å². The molecule has 1 aliphatic heterocycles. The molecule has 0 spiro atoms. The maximum absolute atomic E-state index is 12.9. The molecule has 30 heavy (non-hydrogen) atoms. The van der Waals surface area contributed by atoms with Crippen molar-refractivity contribution in [2.75, 3.05) is 32.0 Å². The zero-order valence-electron chi connectivity index (χ0n) is 16.6. The summed E-state index contributed by atoms with van der Waals surface area (Å²) in [5.74, 6) is 1.12. The molecule has 0 bridgehead atoms. The van der Waals surface area contributed by atoms with Crippen molar-refractivity contribution >= 4 is 27.7 Å². The first-order valence-corrected chi connectivity index (χ1v) is 12.4. The number of benzene rings is 2. The maximum atomic E-state index is 12.9. The first-order chi connectivity index (χ1) is 14.4. The Bertz CT molecular complexity index is 928. The summed E-state index contributed by atoms with van der Waals surface area (Å²) in [6, 6.07) is 12.6. The van der Waals surface area contributed by atoms with Gasteiger partial charge >= 0.3 is 0 Å². The predicted molar refractivity (Wildman–Crippen MR) is 116 cm³/mol. The molecule has 2 aromatic carbocycles. The van der Waals surface area contributed by atoms with Gasteiger partial charge in [0, 0.05) is 18.8 Å². The lowest BCUT2D eigenvalue weighted by molar-refractivity contribution is -0.118. The van der Waals surface area contributed by atoms with Crippen molar-refractivity contribution in [2.45, 2.75) is 23.5 Å². The standard InChI is InChI=1S/C21H25FN2O4S2/c22-18-5-3-17(4-6-18)15-29-16-21(25)23-11-14-28-19-7-9-20(10-8-19)30(26,27)24-12-1-2-13-24/h3-10H,1-2,11-16H2,(H,23,25). The van der Waals surface area contributed by atoms with E-state index >= 15 is 0 Å². The number of thioether (sulfide) groups is 1. The van der Waals surface area contributed by atoms with E-state index in [1.807, 2.05) is 0 Å². The highest BCUT2D eigenvalue weighted by Crippen LogP contribution is 2.22. The van der Waals surface area contributed by atoms with Gasteiger partial charge in [-0.25, -0.2) is 12.8 Å². The molecular weight excluding hydrogens is 427 g/mol. The number of hydrogen-bond acceptors (Lipinski definition) is 5. The number of hydrogen-bond donors (Lipinski definition) is 1.